The van der Waals surface area contributed by atoms with Gasteiger partial charge in [-0.1, -0.05) is 16.8 Å². The minimum atomic E-state index is -0.527. The van der Waals surface area contributed by atoms with Crippen LogP contribution in [-0.2, 0) is 11.2 Å². The Morgan fingerprint density at radius 1 is 1.47 bits per heavy atom. The summed E-state index contributed by atoms with van der Waals surface area (Å²) in [7, 11) is 0. The van der Waals surface area contributed by atoms with Gasteiger partial charge in [0.25, 0.3) is 0 Å². The molecule has 6 heteroatoms. The number of amides is 1. The molecular weight excluding hydrogens is 247 g/mol. The van der Waals surface area contributed by atoms with Crippen LogP contribution in [0.15, 0.2) is 35.1 Å². The first-order valence-corrected chi connectivity index (χ1v) is 5.17. The highest BCUT2D eigenvalue weighted by Crippen LogP contribution is 2.19. The molecule has 0 saturated carbocycles. The molecule has 0 atom stereocenters. The Bertz CT molecular complexity index is 528. The van der Waals surface area contributed by atoms with Crippen LogP contribution in [0, 0.1) is 5.82 Å². The lowest BCUT2D eigenvalue weighted by atomic mass is 10.2. The second kappa shape index (κ2) is 4.97. The maximum absolute atomic E-state index is 12.9. The lowest BCUT2D eigenvalue weighted by Gasteiger charge is -2.04. The van der Waals surface area contributed by atoms with Gasteiger partial charge in [-0.2, -0.15) is 0 Å². The normalized spacial score (nSPS) is 10.2. The molecule has 2 aromatic rings. The number of anilines is 1. The molecule has 1 N–H and O–H groups in total. The largest absolute Gasteiger partial charge is 0.364 e. The van der Waals surface area contributed by atoms with Gasteiger partial charge in [0.2, 0.25) is 5.91 Å². The summed E-state index contributed by atoms with van der Waals surface area (Å²) in [6, 6.07) is 5.56. The van der Waals surface area contributed by atoms with Gasteiger partial charge in [0.15, 0.2) is 0 Å². The van der Waals surface area contributed by atoms with Crippen LogP contribution in [0.4, 0.5) is 10.1 Å². The molecule has 0 radical (unpaired) electrons. The number of nitrogens with zero attached hydrogens (tertiary/aromatic N) is 1. The van der Waals surface area contributed by atoms with Crippen LogP contribution in [0.25, 0.3) is 0 Å². The van der Waals surface area contributed by atoms with Gasteiger partial charge in [-0.05, 0) is 18.2 Å². The third-order valence-electron chi connectivity index (χ3n) is 2.04. The van der Waals surface area contributed by atoms with Gasteiger partial charge in [0.05, 0.1) is 17.1 Å². The topological polar surface area (TPSA) is 55.1 Å². The van der Waals surface area contributed by atoms with Crippen LogP contribution in [0.2, 0.25) is 5.02 Å². The highest BCUT2D eigenvalue weighted by atomic mass is 35.5. The molecule has 0 aliphatic heterocycles. The number of halogens is 2. The smallest absolute Gasteiger partial charge is 0.230 e. The zero-order valence-corrected chi connectivity index (χ0v) is 9.37. The van der Waals surface area contributed by atoms with Crippen molar-refractivity contribution in [2.75, 3.05) is 5.32 Å². The quantitative estimate of drug-likeness (QED) is 0.916. The third-order valence-corrected chi connectivity index (χ3v) is 2.33. The molecule has 0 spiro atoms. The van der Waals surface area contributed by atoms with Crippen LogP contribution in [0.1, 0.15) is 5.69 Å². The van der Waals surface area contributed by atoms with Crippen molar-refractivity contribution in [3.8, 4) is 0 Å². The maximum Gasteiger partial charge on any atom is 0.230 e. The molecule has 2 rings (SSSR count). The van der Waals surface area contributed by atoms with Gasteiger partial charge >= 0.3 is 0 Å². The number of benzene rings is 1. The third kappa shape index (κ3) is 3.04. The van der Waals surface area contributed by atoms with Crippen LogP contribution in [0.3, 0.4) is 0 Å². The second-order valence-corrected chi connectivity index (χ2v) is 3.75. The van der Waals surface area contributed by atoms with Crippen molar-refractivity contribution in [1.82, 2.24) is 5.16 Å². The van der Waals surface area contributed by atoms with E-state index in [1.165, 1.54) is 24.5 Å². The van der Waals surface area contributed by atoms with Crippen molar-refractivity contribution in [3.05, 3.63) is 47.1 Å². The predicted molar refractivity (Wildman–Crippen MR) is 60.2 cm³/mol. The Hall–Kier alpha value is -1.88. The number of nitrogens with one attached hydrogen (secondary N) is 1. The number of hydrogen-bond acceptors (Lipinski definition) is 3. The van der Waals surface area contributed by atoms with Crippen molar-refractivity contribution in [2.24, 2.45) is 0 Å². The molecule has 0 saturated heterocycles. The summed E-state index contributed by atoms with van der Waals surface area (Å²) in [6.45, 7) is 0. The molecule has 1 amide bonds. The van der Waals surface area contributed by atoms with Crippen molar-refractivity contribution in [2.45, 2.75) is 6.42 Å². The van der Waals surface area contributed by atoms with E-state index in [2.05, 4.69) is 15.0 Å². The van der Waals surface area contributed by atoms with Gasteiger partial charge in [0, 0.05) is 11.8 Å². The SMILES string of the molecule is O=C(Cc1ccon1)Nc1ccc(F)c(Cl)c1. The molecule has 1 aromatic carbocycles. The van der Waals surface area contributed by atoms with Gasteiger partial charge < -0.3 is 9.84 Å². The van der Waals surface area contributed by atoms with E-state index >= 15 is 0 Å². The fourth-order valence-electron chi connectivity index (χ4n) is 1.27. The van der Waals surface area contributed by atoms with Crippen molar-refractivity contribution < 1.29 is 13.7 Å². The summed E-state index contributed by atoms with van der Waals surface area (Å²) in [5.74, 6) is -0.803. The molecule has 0 bridgehead atoms. The summed E-state index contributed by atoms with van der Waals surface area (Å²) >= 11 is 5.59. The molecule has 1 heterocycles. The molecular formula is C11H8ClFN2O2. The molecule has 0 aliphatic rings. The van der Waals surface area contributed by atoms with Crippen molar-refractivity contribution in [1.29, 1.82) is 0 Å². The van der Waals surface area contributed by atoms with E-state index < -0.39 is 5.82 Å². The van der Waals surface area contributed by atoms with E-state index in [0.717, 1.165) is 0 Å². The fourth-order valence-corrected chi connectivity index (χ4v) is 1.45. The summed E-state index contributed by atoms with van der Waals surface area (Å²) in [5.41, 5.74) is 0.959. The average molecular weight is 255 g/mol. The van der Waals surface area contributed by atoms with Crippen LogP contribution >= 0.6 is 11.6 Å². The second-order valence-electron chi connectivity index (χ2n) is 3.34. The first kappa shape index (κ1) is 11.6. The lowest BCUT2D eigenvalue weighted by molar-refractivity contribution is -0.115. The number of hydrogen-bond donors (Lipinski definition) is 1. The monoisotopic (exact) mass is 254 g/mol. The van der Waals surface area contributed by atoms with Crippen LogP contribution in [-0.4, -0.2) is 11.1 Å². The van der Waals surface area contributed by atoms with Gasteiger partial charge in [-0.25, -0.2) is 4.39 Å². The zero-order valence-electron chi connectivity index (χ0n) is 8.61. The lowest BCUT2D eigenvalue weighted by Crippen LogP contribution is -2.14. The Morgan fingerprint density at radius 2 is 2.29 bits per heavy atom. The number of aromatic nitrogens is 1. The molecule has 0 fully saturated rings. The number of rotatable bonds is 3. The molecule has 1 aromatic heterocycles. The molecule has 88 valence electrons. The summed E-state index contributed by atoms with van der Waals surface area (Å²) < 4.78 is 17.5. The van der Waals surface area contributed by atoms with E-state index in [0.29, 0.717) is 11.4 Å². The first-order chi connectivity index (χ1) is 8.15. The maximum atomic E-state index is 12.9. The zero-order chi connectivity index (χ0) is 12.3. The highest BCUT2D eigenvalue weighted by Gasteiger charge is 2.07. The van der Waals surface area contributed by atoms with E-state index in [9.17, 15) is 9.18 Å². The standard InChI is InChI=1S/C11H8ClFN2O2/c12-9-5-7(1-2-10(9)13)14-11(16)6-8-3-4-17-15-8/h1-5H,6H2,(H,14,16). The fraction of sp³-hybridized carbons (Fsp3) is 0.0909. The number of carbonyl (C=O) groups excluding carboxylic acids is 1. The highest BCUT2D eigenvalue weighted by molar-refractivity contribution is 6.31. The van der Waals surface area contributed by atoms with E-state index in [4.69, 9.17) is 11.6 Å². The predicted octanol–water partition coefficient (Wildman–Crippen LogP) is 2.65. The Kier molecular flexibility index (Phi) is 3.39. The summed E-state index contributed by atoms with van der Waals surface area (Å²) in [5, 5.41) is 6.15. The van der Waals surface area contributed by atoms with E-state index in [-0.39, 0.29) is 17.4 Å². The van der Waals surface area contributed by atoms with E-state index in [1.807, 2.05) is 0 Å². The molecule has 0 unspecified atom stereocenters. The Labute approximate surface area is 101 Å². The summed E-state index contributed by atoms with van der Waals surface area (Å²) in [6.07, 6.45) is 1.48. The van der Waals surface area contributed by atoms with Crippen molar-refractivity contribution in [3.63, 3.8) is 0 Å². The number of carbonyl (C=O) groups is 1. The molecule has 17 heavy (non-hydrogen) atoms. The van der Waals surface area contributed by atoms with E-state index in [1.54, 1.807) is 6.07 Å². The molecule has 0 aliphatic carbocycles. The average Bonchev–Trinajstić information content (AvgIpc) is 2.76. The Morgan fingerprint density at radius 3 is 2.94 bits per heavy atom. The van der Waals surface area contributed by atoms with Gasteiger partial charge in [0.1, 0.15) is 12.1 Å². The minimum absolute atomic E-state index is 0.0377. The van der Waals surface area contributed by atoms with Crippen molar-refractivity contribution >= 4 is 23.2 Å². The van der Waals surface area contributed by atoms with Gasteiger partial charge in [-0.3, -0.25) is 4.79 Å². The Balaban J connectivity index is 2.00. The van der Waals surface area contributed by atoms with Gasteiger partial charge in [-0.15, -0.1) is 0 Å². The summed E-state index contributed by atoms with van der Waals surface area (Å²) in [4.78, 5) is 11.5. The minimum Gasteiger partial charge on any atom is -0.364 e. The molecule has 4 nitrogen and oxygen atoms in total. The van der Waals surface area contributed by atoms with Crippen LogP contribution < -0.4 is 5.32 Å². The van der Waals surface area contributed by atoms with Crippen LogP contribution in [0.5, 0.6) is 0 Å². The first-order valence-electron chi connectivity index (χ1n) is 4.79.